The second-order valence-corrected chi connectivity index (χ2v) is 6.64. The molecule has 0 atom stereocenters. The largest absolute Gasteiger partial charge is 0.495 e. The van der Waals surface area contributed by atoms with Gasteiger partial charge in [0.2, 0.25) is 0 Å². The lowest BCUT2D eigenvalue weighted by atomic mass is 10.2. The molecule has 0 saturated heterocycles. The van der Waals surface area contributed by atoms with Gasteiger partial charge in [-0.3, -0.25) is 9.59 Å². The average Bonchev–Trinajstić information content (AvgIpc) is 2.68. The van der Waals surface area contributed by atoms with Crippen LogP contribution in [0.1, 0.15) is 20.7 Å². The molecule has 3 aromatic rings. The van der Waals surface area contributed by atoms with Gasteiger partial charge < -0.3 is 15.4 Å². The number of hydrogen-bond donors (Lipinski definition) is 2. The number of nitrogens with one attached hydrogen (secondary N) is 2. The van der Waals surface area contributed by atoms with Crippen LogP contribution in [0.3, 0.4) is 0 Å². The minimum atomic E-state index is -0.756. The van der Waals surface area contributed by atoms with Crippen molar-refractivity contribution in [2.45, 2.75) is 0 Å². The van der Waals surface area contributed by atoms with Crippen molar-refractivity contribution < 1.29 is 18.7 Å². The highest BCUT2D eigenvalue weighted by Gasteiger charge is 2.16. The summed E-state index contributed by atoms with van der Waals surface area (Å²) in [7, 11) is 1.42. The summed E-state index contributed by atoms with van der Waals surface area (Å²) in [6.07, 6.45) is 1.34. The predicted molar refractivity (Wildman–Crippen MR) is 110 cm³/mol. The molecule has 148 valence electrons. The lowest BCUT2D eigenvalue weighted by Crippen LogP contribution is -2.16. The Balaban J connectivity index is 1.82. The van der Waals surface area contributed by atoms with Gasteiger partial charge in [0.05, 0.1) is 23.9 Å². The van der Waals surface area contributed by atoms with E-state index in [1.54, 1.807) is 12.1 Å². The molecule has 0 unspecified atom stereocenters. The normalized spacial score (nSPS) is 10.3. The highest BCUT2D eigenvalue weighted by atomic mass is 35.5. The number of aromatic nitrogens is 1. The number of carbonyl (C=O) groups is 2. The van der Waals surface area contributed by atoms with Gasteiger partial charge in [0.25, 0.3) is 11.8 Å². The van der Waals surface area contributed by atoms with Crippen molar-refractivity contribution >= 4 is 46.4 Å². The molecule has 29 heavy (non-hydrogen) atoms. The lowest BCUT2D eigenvalue weighted by molar-refractivity contribution is 0.101. The first-order valence-corrected chi connectivity index (χ1v) is 9.00. The van der Waals surface area contributed by atoms with Crippen molar-refractivity contribution in [3.63, 3.8) is 0 Å². The Labute approximate surface area is 175 Å². The lowest BCUT2D eigenvalue weighted by Gasteiger charge is -2.13. The molecule has 2 amide bonds. The van der Waals surface area contributed by atoms with Crippen molar-refractivity contribution in [2.24, 2.45) is 0 Å². The predicted octanol–water partition coefficient (Wildman–Crippen LogP) is 5.04. The molecule has 0 aliphatic heterocycles. The zero-order chi connectivity index (χ0) is 21.0. The van der Waals surface area contributed by atoms with Crippen LogP contribution in [0.25, 0.3) is 0 Å². The second kappa shape index (κ2) is 8.89. The van der Waals surface area contributed by atoms with Crippen LogP contribution in [0, 0.1) is 5.82 Å². The molecule has 0 aliphatic rings. The fraction of sp³-hybridized carbons (Fsp3) is 0.0500. The summed E-state index contributed by atoms with van der Waals surface area (Å²) in [4.78, 5) is 28.6. The van der Waals surface area contributed by atoms with Gasteiger partial charge in [0.15, 0.2) is 0 Å². The number of hydrogen-bond acceptors (Lipinski definition) is 4. The molecule has 0 radical (unpaired) electrons. The highest BCUT2D eigenvalue weighted by Crippen LogP contribution is 2.29. The molecule has 0 bridgehead atoms. The molecule has 2 aromatic carbocycles. The van der Waals surface area contributed by atoms with Crippen LogP contribution < -0.4 is 15.4 Å². The van der Waals surface area contributed by atoms with E-state index in [2.05, 4.69) is 15.6 Å². The molecule has 1 heterocycles. The second-order valence-electron chi connectivity index (χ2n) is 5.82. The Hall–Kier alpha value is -3.16. The number of anilines is 2. The number of rotatable bonds is 5. The van der Waals surface area contributed by atoms with E-state index in [0.717, 1.165) is 6.07 Å². The van der Waals surface area contributed by atoms with Gasteiger partial charge in [-0.1, -0.05) is 23.2 Å². The maximum absolute atomic E-state index is 14.0. The molecule has 0 saturated carbocycles. The SMILES string of the molecule is COc1ccc(NC(=O)c2ccc(Cl)nc2)cc1NC(=O)c1ccc(Cl)cc1F. The molecule has 1 aromatic heterocycles. The maximum Gasteiger partial charge on any atom is 0.258 e. The molecule has 3 rings (SSSR count). The first-order chi connectivity index (χ1) is 13.9. The summed E-state index contributed by atoms with van der Waals surface area (Å²) in [6.45, 7) is 0. The topological polar surface area (TPSA) is 80.3 Å². The molecule has 2 N–H and O–H groups in total. The fourth-order valence-electron chi connectivity index (χ4n) is 2.46. The minimum absolute atomic E-state index is 0.179. The van der Waals surface area contributed by atoms with Gasteiger partial charge in [0.1, 0.15) is 16.7 Å². The van der Waals surface area contributed by atoms with Gasteiger partial charge in [0, 0.05) is 16.9 Å². The van der Waals surface area contributed by atoms with Crippen molar-refractivity contribution in [3.05, 3.63) is 81.8 Å². The average molecular weight is 434 g/mol. The third-order valence-corrected chi connectivity index (χ3v) is 4.33. The molecule has 0 aliphatic carbocycles. The van der Waals surface area contributed by atoms with Gasteiger partial charge in [-0.2, -0.15) is 0 Å². The van der Waals surface area contributed by atoms with Crippen LogP contribution in [0.4, 0.5) is 15.8 Å². The standard InChI is InChI=1S/C20H14Cl2FN3O3/c1-29-17-6-4-13(25-19(27)11-2-7-18(22)24-10-11)9-16(17)26-20(28)14-5-3-12(21)8-15(14)23/h2-10H,1H3,(H,25,27)(H,26,28). The summed E-state index contributed by atoms with van der Waals surface area (Å²) < 4.78 is 19.2. The van der Waals surface area contributed by atoms with Gasteiger partial charge in [-0.25, -0.2) is 9.37 Å². The van der Waals surface area contributed by atoms with Gasteiger partial charge >= 0.3 is 0 Å². The van der Waals surface area contributed by atoms with Gasteiger partial charge in [-0.05, 0) is 48.5 Å². The monoisotopic (exact) mass is 433 g/mol. The number of ether oxygens (including phenoxy) is 1. The zero-order valence-corrected chi connectivity index (χ0v) is 16.5. The van der Waals surface area contributed by atoms with Crippen LogP contribution in [-0.4, -0.2) is 23.9 Å². The Kier molecular flexibility index (Phi) is 6.31. The molecule has 0 fully saturated rings. The summed E-state index contributed by atoms with van der Waals surface area (Å²) >= 11 is 11.4. The van der Waals surface area contributed by atoms with E-state index in [0.29, 0.717) is 17.0 Å². The van der Waals surface area contributed by atoms with E-state index in [1.807, 2.05) is 0 Å². The van der Waals surface area contributed by atoms with Crippen LogP contribution in [0.2, 0.25) is 10.2 Å². The van der Waals surface area contributed by atoms with E-state index < -0.39 is 17.6 Å². The zero-order valence-electron chi connectivity index (χ0n) is 15.0. The Bertz CT molecular complexity index is 1080. The fourth-order valence-corrected chi connectivity index (χ4v) is 2.73. The number of amides is 2. The van der Waals surface area contributed by atoms with Crippen molar-refractivity contribution in [1.29, 1.82) is 0 Å². The van der Waals surface area contributed by atoms with E-state index in [9.17, 15) is 14.0 Å². The van der Waals surface area contributed by atoms with Crippen LogP contribution >= 0.6 is 23.2 Å². The number of halogens is 3. The number of pyridine rings is 1. The van der Waals surface area contributed by atoms with Gasteiger partial charge in [-0.15, -0.1) is 0 Å². The summed E-state index contributed by atoms with van der Waals surface area (Å²) in [5, 5.41) is 5.70. The highest BCUT2D eigenvalue weighted by molar-refractivity contribution is 6.30. The van der Waals surface area contributed by atoms with Crippen LogP contribution in [-0.2, 0) is 0 Å². The Morgan fingerprint density at radius 3 is 2.45 bits per heavy atom. The first-order valence-electron chi connectivity index (χ1n) is 8.24. The molecular formula is C20H14Cl2FN3O3. The summed E-state index contributed by atoms with van der Waals surface area (Å²) in [5.41, 5.74) is 0.758. The third-order valence-electron chi connectivity index (χ3n) is 3.87. The first kappa shape index (κ1) is 20.6. The minimum Gasteiger partial charge on any atom is -0.495 e. The van der Waals surface area contributed by atoms with Crippen LogP contribution in [0.5, 0.6) is 5.75 Å². The maximum atomic E-state index is 14.0. The van der Waals surface area contributed by atoms with Crippen molar-refractivity contribution in [1.82, 2.24) is 4.98 Å². The van der Waals surface area contributed by atoms with Crippen molar-refractivity contribution in [3.8, 4) is 5.75 Å². The quantitative estimate of drug-likeness (QED) is 0.552. The van der Waals surface area contributed by atoms with E-state index in [-0.39, 0.29) is 21.4 Å². The summed E-state index contributed by atoms with van der Waals surface area (Å²) in [6, 6.07) is 11.4. The smallest absolute Gasteiger partial charge is 0.258 e. The molecule has 6 nitrogen and oxygen atoms in total. The Morgan fingerprint density at radius 2 is 1.79 bits per heavy atom. The third kappa shape index (κ3) is 5.01. The number of carbonyl (C=O) groups excluding carboxylic acids is 2. The molecular weight excluding hydrogens is 420 g/mol. The van der Waals surface area contributed by atoms with E-state index >= 15 is 0 Å². The molecule has 9 heteroatoms. The number of methoxy groups -OCH3 is 1. The van der Waals surface area contributed by atoms with E-state index in [1.165, 1.54) is 43.6 Å². The molecule has 0 spiro atoms. The number of benzene rings is 2. The van der Waals surface area contributed by atoms with E-state index in [4.69, 9.17) is 27.9 Å². The van der Waals surface area contributed by atoms with Crippen molar-refractivity contribution in [2.75, 3.05) is 17.7 Å². The Morgan fingerprint density at radius 1 is 1.00 bits per heavy atom. The number of nitrogens with zero attached hydrogens (tertiary/aromatic N) is 1. The summed E-state index contributed by atoms with van der Waals surface area (Å²) in [5.74, 6) is -1.53. The van der Waals surface area contributed by atoms with Crippen LogP contribution in [0.15, 0.2) is 54.7 Å².